The number of aromatic hydroxyl groups is 1. The second-order valence-electron chi connectivity index (χ2n) is 5.33. The molecule has 26 heavy (non-hydrogen) atoms. The smallest absolute Gasteiger partial charge is 0.335 e. The van der Waals surface area contributed by atoms with Crippen molar-refractivity contribution in [3.05, 3.63) is 58.1 Å². The zero-order valence-electron chi connectivity index (χ0n) is 13.5. The van der Waals surface area contributed by atoms with E-state index in [4.69, 9.17) is 4.74 Å². The van der Waals surface area contributed by atoms with Crippen LogP contribution in [0.5, 0.6) is 11.5 Å². The number of rotatable bonds is 3. The molecule has 3 rings (SSSR count). The number of imide groups is 2. The quantitative estimate of drug-likeness (QED) is 0.592. The number of urea groups is 1. The van der Waals surface area contributed by atoms with E-state index in [1.54, 1.807) is 30.3 Å². The first-order valence-electron chi connectivity index (χ1n) is 7.45. The van der Waals surface area contributed by atoms with Crippen LogP contribution >= 0.6 is 15.9 Å². The summed E-state index contributed by atoms with van der Waals surface area (Å²) in [5, 5.41) is 12.3. The Balaban J connectivity index is 2.04. The number of para-hydroxylation sites is 1. The molecular formula is C18H13BrN2O5. The third-order valence-electron chi connectivity index (χ3n) is 3.74. The number of amides is 4. The number of halogens is 1. The van der Waals surface area contributed by atoms with Crippen LogP contribution in [-0.2, 0) is 9.59 Å². The molecule has 1 saturated heterocycles. The topological polar surface area (TPSA) is 95.9 Å². The molecule has 1 aliphatic heterocycles. The molecule has 0 aromatic heterocycles. The minimum Gasteiger partial charge on any atom is -0.504 e. The monoisotopic (exact) mass is 416 g/mol. The Morgan fingerprint density at radius 3 is 2.46 bits per heavy atom. The van der Waals surface area contributed by atoms with Crippen LogP contribution < -0.4 is 15.0 Å². The SMILES string of the molecule is COc1cccc(C=C2C(=O)NC(=O)N(c3ccc(Br)cc3)C2=O)c1O. The summed E-state index contributed by atoms with van der Waals surface area (Å²) in [7, 11) is 1.39. The number of carbonyl (C=O) groups is 3. The molecule has 2 aromatic carbocycles. The van der Waals surface area contributed by atoms with Gasteiger partial charge in [-0.15, -0.1) is 0 Å². The molecule has 0 radical (unpaired) electrons. The maximum absolute atomic E-state index is 12.8. The average Bonchev–Trinajstić information content (AvgIpc) is 2.61. The molecule has 0 bridgehead atoms. The summed E-state index contributed by atoms with van der Waals surface area (Å²) in [5.41, 5.74) is 0.244. The predicted octanol–water partition coefficient (Wildman–Crippen LogP) is 2.83. The van der Waals surface area contributed by atoms with Crippen molar-refractivity contribution in [2.45, 2.75) is 0 Å². The number of benzene rings is 2. The standard InChI is InChI=1S/C18H13BrN2O5/c1-26-14-4-2-3-10(15(14)22)9-13-16(23)20-18(25)21(17(13)24)12-7-5-11(19)6-8-12/h2-9,22H,1H3,(H,20,23,25). The third-order valence-corrected chi connectivity index (χ3v) is 4.27. The van der Waals surface area contributed by atoms with Crippen LogP contribution in [0.15, 0.2) is 52.5 Å². The van der Waals surface area contributed by atoms with Gasteiger partial charge in [0.05, 0.1) is 12.8 Å². The van der Waals surface area contributed by atoms with Gasteiger partial charge < -0.3 is 9.84 Å². The van der Waals surface area contributed by atoms with Gasteiger partial charge in [-0.25, -0.2) is 9.69 Å². The molecule has 0 unspecified atom stereocenters. The number of ether oxygens (including phenoxy) is 1. The van der Waals surface area contributed by atoms with Gasteiger partial charge in [0.1, 0.15) is 5.57 Å². The van der Waals surface area contributed by atoms with Gasteiger partial charge in [0.2, 0.25) is 0 Å². The molecule has 7 nitrogen and oxygen atoms in total. The molecular weight excluding hydrogens is 404 g/mol. The van der Waals surface area contributed by atoms with Gasteiger partial charge in [0.15, 0.2) is 11.5 Å². The van der Waals surface area contributed by atoms with E-state index in [1.165, 1.54) is 25.3 Å². The van der Waals surface area contributed by atoms with E-state index in [-0.39, 0.29) is 22.6 Å². The number of methoxy groups -OCH3 is 1. The second-order valence-corrected chi connectivity index (χ2v) is 6.25. The molecule has 1 heterocycles. The number of phenolic OH excluding ortho intramolecular Hbond substituents is 1. The molecule has 0 atom stereocenters. The van der Waals surface area contributed by atoms with E-state index in [9.17, 15) is 19.5 Å². The highest BCUT2D eigenvalue weighted by molar-refractivity contribution is 9.10. The van der Waals surface area contributed by atoms with Crippen molar-refractivity contribution in [1.82, 2.24) is 5.32 Å². The Labute approximate surface area is 157 Å². The minimum absolute atomic E-state index is 0.198. The second kappa shape index (κ2) is 7.01. The van der Waals surface area contributed by atoms with Crippen molar-refractivity contribution in [1.29, 1.82) is 0 Å². The van der Waals surface area contributed by atoms with Crippen molar-refractivity contribution < 1.29 is 24.2 Å². The van der Waals surface area contributed by atoms with E-state index in [0.29, 0.717) is 5.69 Å². The van der Waals surface area contributed by atoms with E-state index in [1.807, 2.05) is 0 Å². The van der Waals surface area contributed by atoms with Crippen LogP contribution in [0.25, 0.3) is 6.08 Å². The van der Waals surface area contributed by atoms with Gasteiger partial charge in [-0.05, 0) is 36.4 Å². The van der Waals surface area contributed by atoms with Gasteiger partial charge >= 0.3 is 6.03 Å². The van der Waals surface area contributed by atoms with E-state index >= 15 is 0 Å². The van der Waals surface area contributed by atoms with E-state index < -0.39 is 17.8 Å². The Bertz CT molecular complexity index is 937. The molecule has 8 heteroatoms. The molecule has 132 valence electrons. The number of hydrogen-bond acceptors (Lipinski definition) is 5. The number of hydrogen-bond donors (Lipinski definition) is 2. The summed E-state index contributed by atoms with van der Waals surface area (Å²) < 4.78 is 5.79. The first-order chi connectivity index (χ1) is 12.4. The maximum Gasteiger partial charge on any atom is 0.335 e. The van der Waals surface area contributed by atoms with Crippen LogP contribution in [-0.4, -0.2) is 30.1 Å². The molecule has 4 amide bonds. The van der Waals surface area contributed by atoms with Crippen molar-refractivity contribution >= 4 is 45.5 Å². The van der Waals surface area contributed by atoms with Gasteiger partial charge in [0.25, 0.3) is 11.8 Å². The van der Waals surface area contributed by atoms with Gasteiger partial charge in [-0.1, -0.05) is 28.1 Å². The summed E-state index contributed by atoms with van der Waals surface area (Å²) in [5.74, 6) is -1.64. The first-order valence-corrected chi connectivity index (χ1v) is 8.24. The number of barbiturate groups is 1. The zero-order chi connectivity index (χ0) is 18.8. The van der Waals surface area contributed by atoms with E-state index in [2.05, 4.69) is 21.2 Å². The molecule has 0 aliphatic carbocycles. The van der Waals surface area contributed by atoms with Gasteiger partial charge in [-0.3, -0.25) is 14.9 Å². The third kappa shape index (κ3) is 3.18. The Kier molecular flexibility index (Phi) is 4.77. The summed E-state index contributed by atoms with van der Waals surface area (Å²) >= 11 is 3.28. The summed E-state index contributed by atoms with van der Waals surface area (Å²) in [6, 6.07) is 10.3. The van der Waals surface area contributed by atoms with E-state index in [0.717, 1.165) is 9.37 Å². The van der Waals surface area contributed by atoms with Crippen molar-refractivity contribution in [2.75, 3.05) is 12.0 Å². The number of nitrogens with zero attached hydrogens (tertiary/aromatic N) is 1. The molecule has 0 spiro atoms. The van der Waals surface area contributed by atoms with Crippen LogP contribution in [0.4, 0.5) is 10.5 Å². The fraction of sp³-hybridized carbons (Fsp3) is 0.0556. The lowest BCUT2D eigenvalue weighted by Gasteiger charge is -2.26. The zero-order valence-corrected chi connectivity index (χ0v) is 15.1. The largest absolute Gasteiger partial charge is 0.504 e. The number of carbonyl (C=O) groups excluding carboxylic acids is 3. The molecule has 0 saturated carbocycles. The van der Waals surface area contributed by atoms with Crippen LogP contribution in [0.1, 0.15) is 5.56 Å². The summed E-state index contributed by atoms with van der Waals surface area (Å²) in [6.07, 6.45) is 1.22. The Morgan fingerprint density at radius 1 is 1.12 bits per heavy atom. The number of phenols is 1. The van der Waals surface area contributed by atoms with Gasteiger partial charge in [-0.2, -0.15) is 0 Å². The van der Waals surface area contributed by atoms with Gasteiger partial charge in [0, 0.05) is 10.0 Å². The van der Waals surface area contributed by atoms with Crippen molar-refractivity contribution in [2.24, 2.45) is 0 Å². The highest BCUT2D eigenvalue weighted by atomic mass is 79.9. The highest BCUT2D eigenvalue weighted by Crippen LogP contribution is 2.32. The summed E-state index contributed by atoms with van der Waals surface area (Å²) in [4.78, 5) is 37.9. The molecule has 1 aliphatic rings. The number of anilines is 1. The Hall–Kier alpha value is -3.13. The molecule has 2 aromatic rings. The lowest BCUT2D eigenvalue weighted by molar-refractivity contribution is -0.122. The lowest BCUT2D eigenvalue weighted by atomic mass is 10.1. The maximum atomic E-state index is 12.8. The average molecular weight is 417 g/mol. The normalized spacial score (nSPS) is 16.0. The molecule has 2 N–H and O–H groups in total. The molecule has 1 fully saturated rings. The number of nitrogens with one attached hydrogen (secondary N) is 1. The van der Waals surface area contributed by atoms with Crippen molar-refractivity contribution in [3.8, 4) is 11.5 Å². The first kappa shape index (κ1) is 17.7. The van der Waals surface area contributed by atoms with Crippen molar-refractivity contribution in [3.63, 3.8) is 0 Å². The van der Waals surface area contributed by atoms with Crippen LogP contribution in [0.2, 0.25) is 0 Å². The fourth-order valence-corrected chi connectivity index (χ4v) is 2.72. The lowest BCUT2D eigenvalue weighted by Crippen LogP contribution is -2.54. The highest BCUT2D eigenvalue weighted by Gasteiger charge is 2.36. The van der Waals surface area contributed by atoms with Crippen LogP contribution in [0, 0.1) is 0 Å². The fourth-order valence-electron chi connectivity index (χ4n) is 2.46. The summed E-state index contributed by atoms with van der Waals surface area (Å²) in [6.45, 7) is 0. The Morgan fingerprint density at radius 2 is 1.81 bits per heavy atom. The predicted molar refractivity (Wildman–Crippen MR) is 97.8 cm³/mol. The van der Waals surface area contributed by atoms with Crippen LogP contribution in [0.3, 0.4) is 0 Å². The minimum atomic E-state index is -0.839.